The van der Waals surface area contributed by atoms with Crippen molar-refractivity contribution in [3.05, 3.63) is 82.2 Å². The quantitative estimate of drug-likeness (QED) is 0.0821. The zero-order valence-electron chi connectivity index (χ0n) is 41.2. The average Bonchev–Trinajstić information content (AvgIpc) is 4.20. The normalized spacial score (nSPS) is 21.2. The third-order valence-corrected chi connectivity index (χ3v) is 17.6. The molecule has 1 aliphatic carbocycles. The van der Waals surface area contributed by atoms with Crippen LogP contribution >= 0.6 is 23.1 Å². The lowest BCUT2D eigenvalue weighted by molar-refractivity contribution is -0.136. The van der Waals surface area contributed by atoms with Crippen LogP contribution in [0.2, 0.25) is 0 Å². The fourth-order valence-corrected chi connectivity index (χ4v) is 13.1. The molecule has 6 aliphatic rings. The van der Waals surface area contributed by atoms with Crippen molar-refractivity contribution in [3.63, 3.8) is 0 Å². The van der Waals surface area contributed by atoms with Gasteiger partial charge in [-0.25, -0.2) is 9.37 Å². The van der Waals surface area contributed by atoms with Gasteiger partial charge in [-0.15, -0.1) is 0 Å². The molecule has 4 saturated heterocycles. The molecule has 0 radical (unpaired) electrons. The summed E-state index contributed by atoms with van der Waals surface area (Å²) in [6.07, 6.45) is 10.1. The Morgan fingerprint density at radius 2 is 1.56 bits per heavy atom. The fraction of sp³-hybridized carbons (Fsp3) is 0.462. The minimum Gasteiger partial charge on any atom is -0.494 e. The molecule has 21 heteroatoms. The van der Waals surface area contributed by atoms with Crippen molar-refractivity contribution in [3.8, 4) is 5.75 Å². The van der Waals surface area contributed by atoms with E-state index in [-0.39, 0.29) is 24.0 Å². The maximum absolute atomic E-state index is 16.5. The molecule has 11 rings (SSSR count). The van der Waals surface area contributed by atoms with E-state index in [4.69, 9.17) is 9.72 Å². The van der Waals surface area contributed by atoms with Gasteiger partial charge in [-0.05, 0) is 109 Å². The molecule has 0 bridgehead atoms. The van der Waals surface area contributed by atoms with Gasteiger partial charge < -0.3 is 29.7 Å². The highest BCUT2D eigenvalue weighted by Crippen LogP contribution is 2.49. The number of halogens is 2. The van der Waals surface area contributed by atoms with Gasteiger partial charge in [0.1, 0.15) is 35.9 Å². The first-order chi connectivity index (χ1) is 35.1. The molecule has 1 atom stereocenters. The Morgan fingerprint density at radius 3 is 2.27 bits per heavy atom. The SMILES string of the molecule is COc1cc(N2CCC(N3CCN(CC4(F)CCN(c5ccc6c(c5)C(=O)N(C5CCC(=O)NC5=O)C6=O)CC4)CC3)CC2)c(C2CC2)cc1Nc1ncc(Br)c(Nc2ccc3nccnc3c2P(C)(C)=O)n1. The summed E-state index contributed by atoms with van der Waals surface area (Å²) in [5, 5.41) is 9.67. The number of fused-ring (bicyclic) bond motifs is 2. The predicted octanol–water partition coefficient (Wildman–Crippen LogP) is 6.80. The first-order valence-electron chi connectivity index (χ1n) is 25.2. The van der Waals surface area contributed by atoms with Crippen molar-refractivity contribution in [2.75, 3.05) is 99.8 Å². The first-order valence-corrected chi connectivity index (χ1v) is 28.6. The van der Waals surface area contributed by atoms with Crippen molar-refractivity contribution in [1.29, 1.82) is 0 Å². The van der Waals surface area contributed by atoms with Gasteiger partial charge in [-0.2, -0.15) is 4.98 Å². The van der Waals surface area contributed by atoms with E-state index in [1.807, 2.05) is 12.1 Å². The summed E-state index contributed by atoms with van der Waals surface area (Å²) in [7, 11) is -1.11. The molecule has 7 heterocycles. The Balaban J connectivity index is 0.682. The molecule has 4 amide bonds. The van der Waals surface area contributed by atoms with Gasteiger partial charge in [0, 0.05) is 120 Å². The summed E-state index contributed by atoms with van der Waals surface area (Å²) < 4.78 is 36.8. The predicted molar refractivity (Wildman–Crippen MR) is 282 cm³/mol. The minimum absolute atomic E-state index is 0.0607. The van der Waals surface area contributed by atoms with Crippen molar-refractivity contribution in [2.45, 2.75) is 75.0 Å². The summed E-state index contributed by atoms with van der Waals surface area (Å²) in [6, 6.07) is 12.6. The molecule has 18 nitrogen and oxygen atoms in total. The molecule has 5 fully saturated rings. The molecule has 1 unspecified atom stereocenters. The monoisotopic (exact) mass is 1080 g/mol. The molecule has 73 heavy (non-hydrogen) atoms. The van der Waals surface area contributed by atoms with E-state index in [0.717, 1.165) is 81.2 Å². The zero-order valence-corrected chi connectivity index (χ0v) is 43.7. The number of ether oxygens (including phenoxy) is 1. The zero-order chi connectivity index (χ0) is 50.8. The molecule has 2 aromatic heterocycles. The van der Waals surface area contributed by atoms with Gasteiger partial charge in [0.15, 0.2) is 0 Å². The number of alkyl halides is 1. The number of nitrogens with one attached hydrogen (secondary N) is 3. The summed E-state index contributed by atoms with van der Waals surface area (Å²) >= 11 is 3.61. The molecule has 1 saturated carbocycles. The lowest BCUT2D eigenvalue weighted by Gasteiger charge is -2.45. The molecule has 5 aromatic rings. The highest BCUT2D eigenvalue weighted by atomic mass is 79.9. The summed E-state index contributed by atoms with van der Waals surface area (Å²) in [4.78, 5) is 79.6. The topological polar surface area (TPSA) is 198 Å². The van der Waals surface area contributed by atoms with Gasteiger partial charge in [-0.3, -0.25) is 49.2 Å². The van der Waals surface area contributed by atoms with E-state index in [2.05, 4.69) is 78.6 Å². The number of rotatable bonds is 13. The van der Waals surface area contributed by atoms with Crippen LogP contribution in [0.25, 0.3) is 11.0 Å². The van der Waals surface area contributed by atoms with Crippen molar-refractivity contribution in [2.24, 2.45) is 0 Å². The van der Waals surface area contributed by atoms with E-state index >= 15 is 4.39 Å². The van der Waals surface area contributed by atoms with Crippen molar-refractivity contribution < 1.29 is 32.9 Å². The number of hydrogen-bond acceptors (Lipinski definition) is 16. The lowest BCUT2D eigenvalue weighted by atomic mass is 9.91. The van der Waals surface area contributed by atoms with Crippen LogP contribution in [0.3, 0.4) is 0 Å². The van der Waals surface area contributed by atoms with Crippen molar-refractivity contribution >= 4 is 97.6 Å². The number of aromatic nitrogens is 4. The standard InChI is InChI=1S/C52H59BrFN12O6P/c1-72-43-28-42(35(31-4-5-31)27-40(43)59-51-57-29-37(53)47(61-51)58-39-9-8-38-45(56-17-16-55-38)46(39)73(2,3)71)65-18-12-32(13-19-65)64-24-22-62(23-25-64)30-52(54)14-20-63(21-15-52)33-6-7-34-36(26-33)50(70)66(49(34)69)41-10-11-44(67)60-48(41)68/h6-9,16-17,26-29,31-32,41H,4-5,10-15,18-25,30H2,1-3H3,(H,60,67,68)(H2,57,58,59,61). The van der Waals surface area contributed by atoms with E-state index in [1.54, 1.807) is 57.2 Å². The first kappa shape index (κ1) is 49.1. The van der Waals surface area contributed by atoms with Crippen LogP contribution in [0.4, 0.5) is 38.9 Å². The van der Waals surface area contributed by atoms with Crippen LogP contribution in [0.1, 0.15) is 83.6 Å². The molecular formula is C52H59BrFN12O6P. The van der Waals surface area contributed by atoms with Gasteiger partial charge in [0.2, 0.25) is 17.8 Å². The second-order valence-electron chi connectivity index (χ2n) is 20.6. The molecule has 5 aliphatic heterocycles. The van der Waals surface area contributed by atoms with Gasteiger partial charge in [0.05, 0.1) is 44.9 Å². The Bertz CT molecular complexity index is 3080. The molecule has 3 aromatic carbocycles. The minimum atomic E-state index is -2.79. The smallest absolute Gasteiger partial charge is 0.262 e. The number of piperidine rings is 3. The maximum Gasteiger partial charge on any atom is 0.262 e. The summed E-state index contributed by atoms with van der Waals surface area (Å²) in [6.45, 7) is 10.1. The number of imide groups is 2. The van der Waals surface area contributed by atoms with Crippen LogP contribution in [0.15, 0.2) is 65.5 Å². The highest BCUT2D eigenvalue weighted by molar-refractivity contribution is 9.10. The number of piperazine rings is 1. The van der Waals surface area contributed by atoms with E-state index in [1.165, 1.54) is 11.3 Å². The average molecular weight is 1080 g/mol. The molecular weight excluding hydrogens is 1020 g/mol. The third kappa shape index (κ3) is 9.90. The number of carbonyl (C=O) groups is 4. The Kier molecular flexibility index (Phi) is 13.2. The van der Waals surface area contributed by atoms with E-state index < -0.39 is 42.5 Å². The summed E-state index contributed by atoms with van der Waals surface area (Å²) in [5.41, 5.74) is 5.05. The number of nitrogens with zero attached hydrogens (tertiary/aromatic N) is 9. The second kappa shape index (κ2) is 19.6. The summed E-state index contributed by atoms with van der Waals surface area (Å²) in [5.74, 6) is -0.103. The Labute approximate surface area is 431 Å². The third-order valence-electron chi connectivity index (χ3n) is 15.4. The van der Waals surface area contributed by atoms with Crippen LogP contribution < -0.4 is 35.8 Å². The number of hydrogen-bond donors (Lipinski definition) is 3. The number of amides is 4. The maximum atomic E-state index is 16.5. The van der Waals surface area contributed by atoms with Gasteiger partial charge >= 0.3 is 0 Å². The Hall–Kier alpha value is -6.08. The van der Waals surface area contributed by atoms with E-state index in [0.29, 0.717) is 88.4 Å². The van der Waals surface area contributed by atoms with Crippen LogP contribution in [-0.4, -0.2) is 155 Å². The van der Waals surface area contributed by atoms with Crippen LogP contribution in [0, 0.1) is 0 Å². The number of carbonyl (C=O) groups excluding carboxylic acids is 4. The molecule has 0 spiro atoms. The van der Waals surface area contributed by atoms with Crippen LogP contribution in [-0.2, 0) is 14.2 Å². The molecule has 3 N–H and O–H groups in total. The van der Waals surface area contributed by atoms with Crippen molar-refractivity contribution in [1.82, 2.24) is 40.0 Å². The number of benzene rings is 3. The van der Waals surface area contributed by atoms with Gasteiger partial charge in [-0.1, -0.05) is 0 Å². The molecule has 382 valence electrons. The second-order valence-corrected chi connectivity index (χ2v) is 24.6. The highest BCUT2D eigenvalue weighted by Gasteiger charge is 2.45. The Morgan fingerprint density at radius 1 is 0.822 bits per heavy atom. The fourth-order valence-electron chi connectivity index (χ4n) is 11.4. The number of methoxy groups -OCH3 is 1. The van der Waals surface area contributed by atoms with Crippen LogP contribution in [0.5, 0.6) is 5.75 Å². The largest absolute Gasteiger partial charge is 0.494 e. The van der Waals surface area contributed by atoms with Gasteiger partial charge in [0.25, 0.3) is 11.8 Å². The lowest BCUT2D eigenvalue weighted by Crippen LogP contribution is -2.56. The van der Waals surface area contributed by atoms with E-state index in [9.17, 15) is 23.7 Å². The number of anilines is 6.